The maximum Gasteiger partial charge on any atom is 0.233 e. The summed E-state index contributed by atoms with van der Waals surface area (Å²) >= 11 is 0. The van der Waals surface area contributed by atoms with Gasteiger partial charge in [0.25, 0.3) is 0 Å². The Kier molecular flexibility index (Phi) is 6.41. The molecule has 0 heterocycles. The number of nitrogens with one attached hydrogen (secondary N) is 2. The number of benzene rings is 3. The summed E-state index contributed by atoms with van der Waals surface area (Å²) in [5.74, 6) is 0.410. The number of hydrogen-bond acceptors (Lipinski definition) is 3. The van der Waals surface area contributed by atoms with E-state index in [9.17, 15) is 9.59 Å². The van der Waals surface area contributed by atoms with Gasteiger partial charge in [0.1, 0.15) is 12.2 Å². The fourth-order valence-electron chi connectivity index (χ4n) is 2.76. The molecule has 0 unspecified atom stereocenters. The van der Waals surface area contributed by atoms with Crippen molar-refractivity contribution in [2.75, 3.05) is 10.6 Å². The lowest BCUT2D eigenvalue weighted by molar-refractivity contribution is -0.123. The molecule has 3 aromatic carbocycles. The Morgan fingerprint density at radius 2 is 1.32 bits per heavy atom. The SMILES string of the molecule is CCc1ccccc1NC(=O)CC(=O)Nc1ccccc1Oc1ccccc1. The maximum atomic E-state index is 12.3. The summed E-state index contributed by atoms with van der Waals surface area (Å²) in [5.41, 5.74) is 2.27. The quantitative estimate of drug-likeness (QED) is 0.571. The molecular weight excluding hydrogens is 352 g/mol. The van der Waals surface area contributed by atoms with Crippen LogP contribution in [0.4, 0.5) is 11.4 Å². The van der Waals surface area contributed by atoms with Crippen molar-refractivity contribution < 1.29 is 14.3 Å². The van der Waals surface area contributed by atoms with Crippen molar-refractivity contribution in [3.8, 4) is 11.5 Å². The van der Waals surface area contributed by atoms with Gasteiger partial charge in [-0.25, -0.2) is 0 Å². The second-order valence-electron chi connectivity index (χ2n) is 6.20. The van der Waals surface area contributed by atoms with Gasteiger partial charge in [0.05, 0.1) is 5.69 Å². The highest BCUT2D eigenvalue weighted by Gasteiger charge is 2.13. The van der Waals surface area contributed by atoms with Crippen LogP contribution in [0.15, 0.2) is 78.9 Å². The molecule has 0 aliphatic rings. The van der Waals surface area contributed by atoms with Crippen LogP contribution in [-0.4, -0.2) is 11.8 Å². The van der Waals surface area contributed by atoms with E-state index in [1.807, 2.05) is 67.6 Å². The Balaban J connectivity index is 1.63. The molecule has 2 N–H and O–H groups in total. The van der Waals surface area contributed by atoms with Crippen LogP contribution in [0.2, 0.25) is 0 Å². The Labute approximate surface area is 164 Å². The number of para-hydroxylation sites is 4. The van der Waals surface area contributed by atoms with Gasteiger partial charge in [-0.05, 0) is 42.3 Å². The van der Waals surface area contributed by atoms with Crippen LogP contribution in [0.3, 0.4) is 0 Å². The topological polar surface area (TPSA) is 67.4 Å². The second kappa shape index (κ2) is 9.37. The van der Waals surface area contributed by atoms with Crippen molar-refractivity contribution in [1.82, 2.24) is 0 Å². The van der Waals surface area contributed by atoms with Gasteiger partial charge < -0.3 is 15.4 Å². The molecule has 5 nitrogen and oxygen atoms in total. The smallest absolute Gasteiger partial charge is 0.233 e. The predicted octanol–water partition coefficient (Wildman–Crippen LogP) is 5.01. The van der Waals surface area contributed by atoms with E-state index in [-0.39, 0.29) is 12.3 Å². The Morgan fingerprint density at radius 3 is 2.04 bits per heavy atom. The lowest BCUT2D eigenvalue weighted by Crippen LogP contribution is -2.22. The largest absolute Gasteiger partial charge is 0.455 e. The van der Waals surface area contributed by atoms with Crippen molar-refractivity contribution >= 4 is 23.2 Å². The standard InChI is InChI=1S/C23H22N2O3/c1-2-17-10-6-7-13-19(17)24-22(26)16-23(27)25-20-14-8-9-15-21(20)28-18-11-4-3-5-12-18/h3-15H,2,16H2,1H3,(H,24,26)(H,25,27). The van der Waals surface area contributed by atoms with E-state index in [0.29, 0.717) is 17.2 Å². The number of carbonyl (C=O) groups excluding carboxylic acids is 2. The molecule has 0 atom stereocenters. The molecule has 0 saturated heterocycles. The summed E-state index contributed by atoms with van der Waals surface area (Å²) in [4.78, 5) is 24.6. The van der Waals surface area contributed by atoms with E-state index >= 15 is 0 Å². The van der Waals surface area contributed by atoms with E-state index < -0.39 is 5.91 Å². The van der Waals surface area contributed by atoms with Gasteiger partial charge in [-0.2, -0.15) is 0 Å². The number of hydrogen-bond donors (Lipinski definition) is 2. The van der Waals surface area contributed by atoms with Crippen LogP contribution in [0.5, 0.6) is 11.5 Å². The Morgan fingerprint density at radius 1 is 0.750 bits per heavy atom. The molecule has 0 aromatic heterocycles. The van der Waals surface area contributed by atoms with Crippen LogP contribution >= 0.6 is 0 Å². The summed E-state index contributed by atoms with van der Waals surface area (Å²) in [5, 5.41) is 5.55. The van der Waals surface area contributed by atoms with Crippen LogP contribution in [0.25, 0.3) is 0 Å². The van der Waals surface area contributed by atoms with Crippen molar-refractivity contribution in [2.45, 2.75) is 19.8 Å². The molecule has 5 heteroatoms. The van der Waals surface area contributed by atoms with Gasteiger partial charge in [0.2, 0.25) is 11.8 Å². The van der Waals surface area contributed by atoms with Crippen molar-refractivity contribution in [3.63, 3.8) is 0 Å². The summed E-state index contributed by atoms with van der Waals surface area (Å²) in [6.07, 6.45) is 0.518. The monoisotopic (exact) mass is 374 g/mol. The highest BCUT2D eigenvalue weighted by Crippen LogP contribution is 2.29. The average Bonchev–Trinajstić information content (AvgIpc) is 2.70. The first-order valence-corrected chi connectivity index (χ1v) is 9.15. The molecule has 3 rings (SSSR count). The number of carbonyl (C=O) groups is 2. The fraction of sp³-hybridized carbons (Fsp3) is 0.130. The third-order valence-corrected chi connectivity index (χ3v) is 4.13. The maximum absolute atomic E-state index is 12.3. The molecule has 0 aliphatic carbocycles. The predicted molar refractivity (Wildman–Crippen MR) is 111 cm³/mol. The van der Waals surface area contributed by atoms with E-state index in [1.165, 1.54) is 0 Å². The summed E-state index contributed by atoms with van der Waals surface area (Å²) in [7, 11) is 0. The fourth-order valence-corrected chi connectivity index (χ4v) is 2.76. The third kappa shape index (κ3) is 5.20. The van der Waals surface area contributed by atoms with Gasteiger partial charge in [-0.3, -0.25) is 9.59 Å². The van der Waals surface area contributed by atoms with Gasteiger partial charge in [-0.1, -0.05) is 55.5 Å². The highest BCUT2D eigenvalue weighted by atomic mass is 16.5. The normalized spacial score (nSPS) is 10.2. The van der Waals surface area contributed by atoms with Gasteiger partial charge in [0.15, 0.2) is 5.75 Å². The van der Waals surface area contributed by atoms with Gasteiger partial charge in [0, 0.05) is 5.69 Å². The Bertz CT molecular complexity index is 955. The van der Waals surface area contributed by atoms with Gasteiger partial charge >= 0.3 is 0 Å². The zero-order chi connectivity index (χ0) is 19.8. The van der Waals surface area contributed by atoms with Crippen LogP contribution < -0.4 is 15.4 Å². The van der Waals surface area contributed by atoms with E-state index in [1.54, 1.807) is 18.2 Å². The average molecular weight is 374 g/mol. The molecule has 28 heavy (non-hydrogen) atoms. The summed E-state index contributed by atoms with van der Waals surface area (Å²) in [6.45, 7) is 2.02. The molecule has 142 valence electrons. The summed E-state index contributed by atoms with van der Waals surface area (Å²) < 4.78 is 5.83. The highest BCUT2D eigenvalue weighted by molar-refractivity contribution is 6.08. The van der Waals surface area contributed by atoms with Crippen molar-refractivity contribution in [3.05, 3.63) is 84.4 Å². The molecule has 0 saturated carbocycles. The zero-order valence-electron chi connectivity index (χ0n) is 15.6. The molecule has 0 bridgehead atoms. The van der Waals surface area contributed by atoms with Crippen molar-refractivity contribution in [2.24, 2.45) is 0 Å². The number of rotatable bonds is 7. The lowest BCUT2D eigenvalue weighted by atomic mass is 10.1. The first-order chi connectivity index (χ1) is 13.7. The molecule has 2 amide bonds. The van der Waals surface area contributed by atoms with Crippen molar-refractivity contribution in [1.29, 1.82) is 0 Å². The summed E-state index contributed by atoms with van der Waals surface area (Å²) in [6, 6.07) is 24.0. The molecule has 0 fully saturated rings. The van der Waals surface area contributed by atoms with Crippen LogP contribution in [0, 0.1) is 0 Å². The first kappa shape index (κ1) is 19.2. The number of anilines is 2. The molecule has 3 aromatic rings. The van der Waals surface area contributed by atoms with E-state index in [4.69, 9.17) is 4.74 Å². The molecule has 0 spiro atoms. The number of aryl methyl sites for hydroxylation is 1. The van der Waals surface area contributed by atoms with Gasteiger partial charge in [-0.15, -0.1) is 0 Å². The van der Waals surface area contributed by atoms with Crippen LogP contribution in [-0.2, 0) is 16.0 Å². The third-order valence-electron chi connectivity index (χ3n) is 4.13. The Hall–Kier alpha value is -3.60. The second-order valence-corrected chi connectivity index (χ2v) is 6.20. The minimum Gasteiger partial charge on any atom is -0.455 e. The first-order valence-electron chi connectivity index (χ1n) is 9.15. The molecule has 0 aliphatic heterocycles. The van der Waals surface area contributed by atoms with E-state index in [2.05, 4.69) is 10.6 Å². The lowest BCUT2D eigenvalue weighted by Gasteiger charge is -2.13. The minimum atomic E-state index is -0.407. The number of ether oxygens (including phenoxy) is 1. The zero-order valence-corrected chi connectivity index (χ0v) is 15.6. The van der Waals surface area contributed by atoms with Crippen LogP contribution in [0.1, 0.15) is 18.9 Å². The molecular formula is C23H22N2O3. The number of amides is 2. The van der Waals surface area contributed by atoms with E-state index in [0.717, 1.165) is 17.7 Å². The minimum absolute atomic E-state index is 0.280. The molecule has 0 radical (unpaired) electrons.